The number of aromatic nitrogens is 2. The molecule has 2 aromatic heterocycles. The zero-order valence-corrected chi connectivity index (χ0v) is 20.0. The Balaban J connectivity index is 1.31. The van der Waals surface area contributed by atoms with Crippen LogP contribution in [0.2, 0.25) is 0 Å². The number of hydrogen-bond donors (Lipinski definition) is 2. The predicted molar refractivity (Wildman–Crippen MR) is 136 cm³/mol. The SMILES string of the molecule is C=CCNS(=O)(=O)Cc1ccc(NC(=O)c2ccc(SCc3cn4ccccc4n3)cc2)cc1. The first-order chi connectivity index (χ1) is 16.4. The number of hydrogen-bond acceptors (Lipinski definition) is 5. The fraction of sp³-hybridized carbons (Fsp3) is 0.120. The highest BCUT2D eigenvalue weighted by Gasteiger charge is 2.11. The predicted octanol–water partition coefficient (Wildman–Crippen LogP) is 4.48. The molecule has 0 unspecified atom stereocenters. The highest BCUT2D eigenvalue weighted by atomic mass is 32.2. The van der Waals surface area contributed by atoms with E-state index in [1.54, 1.807) is 48.2 Å². The Morgan fingerprint density at radius 1 is 1.06 bits per heavy atom. The molecular formula is C25H24N4O3S2. The van der Waals surface area contributed by atoms with E-state index in [9.17, 15) is 13.2 Å². The van der Waals surface area contributed by atoms with E-state index in [0.717, 1.165) is 22.0 Å². The topological polar surface area (TPSA) is 92.6 Å². The molecule has 2 aromatic carbocycles. The molecule has 0 spiro atoms. The summed E-state index contributed by atoms with van der Waals surface area (Å²) in [5.41, 5.74) is 3.67. The second-order valence-electron chi connectivity index (χ2n) is 7.56. The van der Waals surface area contributed by atoms with Crippen LogP contribution in [0.5, 0.6) is 0 Å². The second-order valence-corrected chi connectivity index (χ2v) is 10.4. The molecule has 4 rings (SSSR count). The summed E-state index contributed by atoms with van der Waals surface area (Å²) in [4.78, 5) is 18.2. The van der Waals surface area contributed by atoms with Crippen LogP contribution in [0.3, 0.4) is 0 Å². The van der Waals surface area contributed by atoms with Crippen molar-refractivity contribution in [2.45, 2.75) is 16.4 Å². The lowest BCUT2D eigenvalue weighted by atomic mass is 10.2. The maximum atomic E-state index is 12.6. The van der Waals surface area contributed by atoms with Crippen molar-refractivity contribution in [1.82, 2.24) is 14.1 Å². The van der Waals surface area contributed by atoms with Gasteiger partial charge in [-0.1, -0.05) is 24.3 Å². The van der Waals surface area contributed by atoms with Crippen LogP contribution in [0, 0.1) is 0 Å². The van der Waals surface area contributed by atoms with Gasteiger partial charge >= 0.3 is 0 Å². The van der Waals surface area contributed by atoms with Gasteiger partial charge in [-0.05, 0) is 54.1 Å². The summed E-state index contributed by atoms with van der Waals surface area (Å²) >= 11 is 1.66. The number of amides is 1. The lowest BCUT2D eigenvalue weighted by Crippen LogP contribution is -2.25. The van der Waals surface area contributed by atoms with Gasteiger partial charge in [0.2, 0.25) is 10.0 Å². The number of nitrogens with one attached hydrogen (secondary N) is 2. The number of nitrogens with zero attached hydrogens (tertiary/aromatic N) is 2. The molecule has 0 radical (unpaired) electrons. The zero-order valence-electron chi connectivity index (χ0n) is 18.3. The fourth-order valence-electron chi connectivity index (χ4n) is 3.26. The van der Waals surface area contributed by atoms with E-state index in [4.69, 9.17) is 0 Å². The number of thioether (sulfide) groups is 1. The van der Waals surface area contributed by atoms with Gasteiger partial charge in [0.1, 0.15) is 5.65 Å². The van der Waals surface area contributed by atoms with Gasteiger partial charge in [0.15, 0.2) is 0 Å². The number of sulfonamides is 1. The zero-order chi connectivity index (χ0) is 24.0. The third-order valence-electron chi connectivity index (χ3n) is 4.93. The van der Waals surface area contributed by atoms with E-state index >= 15 is 0 Å². The summed E-state index contributed by atoms with van der Waals surface area (Å²) in [6, 6.07) is 20.1. The summed E-state index contributed by atoms with van der Waals surface area (Å²) in [6.45, 7) is 3.69. The molecule has 0 atom stereocenters. The van der Waals surface area contributed by atoms with E-state index in [1.165, 1.54) is 6.08 Å². The van der Waals surface area contributed by atoms with Crippen LogP contribution in [-0.4, -0.2) is 30.3 Å². The number of rotatable bonds is 10. The molecule has 0 aliphatic rings. The monoisotopic (exact) mass is 492 g/mol. The van der Waals surface area contributed by atoms with Crippen molar-refractivity contribution >= 4 is 39.0 Å². The van der Waals surface area contributed by atoms with E-state index in [2.05, 4.69) is 21.6 Å². The van der Waals surface area contributed by atoms with Gasteiger partial charge in [-0.2, -0.15) is 0 Å². The van der Waals surface area contributed by atoms with Crippen molar-refractivity contribution in [3.8, 4) is 0 Å². The van der Waals surface area contributed by atoms with E-state index in [1.807, 2.05) is 47.1 Å². The van der Waals surface area contributed by atoms with Crippen molar-refractivity contribution in [2.24, 2.45) is 0 Å². The summed E-state index contributed by atoms with van der Waals surface area (Å²) in [5.74, 6) is 0.367. The van der Waals surface area contributed by atoms with Crippen molar-refractivity contribution < 1.29 is 13.2 Å². The van der Waals surface area contributed by atoms with Gasteiger partial charge in [-0.25, -0.2) is 18.1 Å². The van der Waals surface area contributed by atoms with E-state index in [0.29, 0.717) is 16.8 Å². The third kappa shape index (κ3) is 6.34. The normalized spacial score (nSPS) is 11.4. The second kappa shape index (κ2) is 10.7. The largest absolute Gasteiger partial charge is 0.322 e. The van der Waals surface area contributed by atoms with Gasteiger partial charge in [0, 0.05) is 40.8 Å². The van der Waals surface area contributed by atoms with E-state index in [-0.39, 0.29) is 18.2 Å². The average Bonchev–Trinajstić information content (AvgIpc) is 3.26. The molecule has 0 aliphatic heterocycles. The summed E-state index contributed by atoms with van der Waals surface area (Å²) in [6.07, 6.45) is 5.48. The van der Waals surface area contributed by atoms with Crippen LogP contribution >= 0.6 is 11.8 Å². The van der Waals surface area contributed by atoms with Gasteiger partial charge < -0.3 is 9.72 Å². The first-order valence-electron chi connectivity index (χ1n) is 10.6. The Morgan fingerprint density at radius 3 is 2.53 bits per heavy atom. The van der Waals surface area contributed by atoms with Crippen LogP contribution in [0.4, 0.5) is 5.69 Å². The lowest BCUT2D eigenvalue weighted by Gasteiger charge is -2.08. The molecule has 1 amide bonds. The Bertz CT molecular complexity index is 1360. The lowest BCUT2D eigenvalue weighted by molar-refractivity contribution is 0.102. The minimum Gasteiger partial charge on any atom is -0.322 e. The molecule has 7 nitrogen and oxygen atoms in total. The Morgan fingerprint density at radius 2 is 1.82 bits per heavy atom. The molecule has 2 heterocycles. The van der Waals surface area contributed by atoms with Crippen LogP contribution in [-0.2, 0) is 21.5 Å². The molecule has 2 N–H and O–H groups in total. The van der Waals surface area contributed by atoms with Crippen molar-refractivity contribution in [3.63, 3.8) is 0 Å². The average molecular weight is 493 g/mol. The third-order valence-corrected chi connectivity index (χ3v) is 7.30. The van der Waals surface area contributed by atoms with E-state index < -0.39 is 10.0 Å². The van der Waals surface area contributed by atoms with Crippen LogP contribution in [0.25, 0.3) is 5.65 Å². The quantitative estimate of drug-likeness (QED) is 0.251. The number of pyridine rings is 1. The molecule has 0 aliphatic carbocycles. The van der Waals surface area contributed by atoms with Crippen LogP contribution in [0.1, 0.15) is 21.6 Å². The molecule has 174 valence electrons. The van der Waals surface area contributed by atoms with Gasteiger partial charge in [-0.15, -0.1) is 18.3 Å². The first kappa shape index (κ1) is 23.7. The first-order valence-corrected chi connectivity index (χ1v) is 13.2. The van der Waals surface area contributed by atoms with Gasteiger partial charge in [-0.3, -0.25) is 4.79 Å². The summed E-state index contributed by atoms with van der Waals surface area (Å²) in [7, 11) is -3.43. The minimum absolute atomic E-state index is 0.136. The number of fused-ring (bicyclic) bond motifs is 1. The summed E-state index contributed by atoms with van der Waals surface area (Å²) < 4.78 is 28.4. The smallest absolute Gasteiger partial charge is 0.255 e. The Kier molecular flexibility index (Phi) is 7.46. The fourth-order valence-corrected chi connectivity index (χ4v) is 5.15. The van der Waals surface area contributed by atoms with Crippen molar-refractivity contribution in [1.29, 1.82) is 0 Å². The number of imidazole rings is 1. The Hall–Kier alpha value is -3.40. The standard InChI is InChI=1S/C25H24N4O3S2/c1-2-14-26-34(31,32)18-19-6-10-21(11-7-19)28-25(30)20-8-12-23(13-9-20)33-17-22-16-29-15-4-3-5-24(29)27-22/h2-13,15-16,26H,1,14,17-18H2,(H,28,30). The molecule has 4 aromatic rings. The van der Waals surface area contributed by atoms with Crippen LogP contribution < -0.4 is 10.0 Å². The number of benzene rings is 2. The molecule has 0 saturated heterocycles. The summed E-state index contributed by atoms with van der Waals surface area (Å²) in [5, 5.41) is 2.84. The number of anilines is 1. The maximum absolute atomic E-state index is 12.6. The van der Waals surface area contributed by atoms with Gasteiger partial charge in [0.05, 0.1) is 11.4 Å². The van der Waals surface area contributed by atoms with Crippen LogP contribution in [0.15, 0.2) is 96.7 Å². The van der Waals surface area contributed by atoms with Gasteiger partial charge in [0.25, 0.3) is 5.91 Å². The maximum Gasteiger partial charge on any atom is 0.255 e. The Labute approximate surface area is 203 Å². The molecular weight excluding hydrogens is 468 g/mol. The minimum atomic E-state index is -3.43. The molecule has 0 saturated carbocycles. The highest BCUT2D eigenvalue weighted by Crippen LogP contribution is 2.23. The molecule has 34 heavy (non-hydrogen) atoms. The molecule has 0 fully saturated rings. The molecule has 0 bridgehead atoms. The highest BCUT2D eigenvalue weighted by molar-refractivity contribution is 7.98. The number of carbonyl (C=O) groups excluding carboxylic acids is 1. The van der Waals surface area contributed by atoms with Crippen molar-refractivity contribution in [2.75, 3.05) is 11.9 Å². The molecule has 9 heteroatoms. The number of carbonyl (C=O) groups is 1. The van der Waals surface area contributed by atoms with Crippen molar-refractivity contribution in [3.05, 3.63) is 109 Å².